The Balaban J connectivity index is 0.00000192. The van der Waals surface area contributed by atoms with E-state index in [0.717, 1.165) is 12.5 Å². The van der Waals surface area contributed by atoms with E-state index >= 15 is 0 Å². The monoisotopic (exact) mass is 335 g/mol. The van der Waals surface area contributed by atoms with Crippen LogP contribution in [0.25, 0.3) is 0 Å². The Hall–Kier alpha value is -0.990. The summed E-state index contributed by atoms with van der Waals surface area (Å²) in [6.45, 7) is 11.2. The van der Waals surface area contributed by atoms with Crippen LogP contribution in [0.2, 0.25) is 0 Å². The first kappa shape index (κ1) is 18.4. The van der Waals surface area contributed by atoms with Gasteiger partial charge in [-0.2, -0.15) is 0 Å². The Morgan fingerprint density at radius 1 is 1.39 bits per heavy atom. The number of piperidine rings is 1. The second kappa shape index (κ2) is 7.27. The number of halogens is 1. The lowest BCUT2D eigenvalue weighted by Gasteiger charge is -2.52. The van der Waals surface area contributed by atoms with Crippen molar-refractivity contribution < 1.29 is 22.4 Å². The van der Waals surface area contributed by atoms with Gasteiger partial charge in [0, 0.05) is 24.2 Å². The molecular formula is C20H30ClNO. The number of phenols is 1. The summed E-state index contributed by atoms with van der Waals surface area (Å²) in [6.07, 6.45) is 8.17. The van der Waals surface area contributed by atoms with Crippen molar-refractivity contribution in [2.24, 2.45) is 5.92 Å². The molecule has 1 fully saturated rings. The van der Waals surface area contributed by atoms with E-state index in [9.17, 15) is 5.11 Å². The maximum atomic E-state index is 9.89. The molecule has 2 nitrogen and oxygen atoms in total. The summed E-state index contributed by atoms with van der Waals surface area (Å²) in [5.41, 5.74) is 3.11. The maximum absolute atomic E-state index is 9.89. The van der Waals surface area contributed by atoms with Crippen LogP contribution in [0, 0.1) is 5.92 Å². The number of allylic oxidation sites excluding steroid dienone is 1. The first-order valence-electron chi connectivity index (χ1n) is 8.84. The summed E-state index contributed by atoms with van der Waals surface area (Å²) in [5.74, 6) is 1.11. The van der Waals surface area contributed by atoms with Gasteiger partial charge in [-0.3, -0.25) is 0 Å². The van der Waals surface area contributed by atoms with Crippen molar-refractivity contribution in [2.45, 2.75) is 57.4 Å². The Bertz CT molecular complexity index is 559. The molecule has 2 bridgehead atoms. The Kier molecular flexibility index (Phi) is 5.80. The summed E-state index contributed by atoms with van der Waals surface area (Å²) in [4.78, 5) is 1.80. The average Bonchev–Trinajstić information content (AvgIpc) is 2.50. The van der Waals surface area contributed by atoms with Crippen LogP contribution in [-0.4, -0.2) is 24.2 Å². The molecule has 1 aliphatic carbocycles. The number of aromatic hydroxyl groups is 1. The minimum atomic E-state index is 0. The SMILES string of the molecule is C=CCCCC[NH+]1CC[C@@]2(C)c3cc(O)ccc3C[C@@H]1[C@@H]2C.[Cl-]. The van der Waals surface area contributed by atoms with Crippen LogP contribution >= 0.6 is 0 Å². The van der Waals surface area contributed by atoms with Gasteiger partial charge < -0.3 is 22.4 Å². The summed E-state index contributed by atoms with van der Waals surface area (Å²) < 4.78 is 0. The third-order valence-corrected chi connectivity index (χ3v) is 6.40. The Morgan fingerprint density at radius 3 is 2.91 bits per heavy atom. The lowest BCUT2D eigenvalue weighted by molar-refractivity contribution is -0.937. The summed E-state index contributed by atoms with van der Waals surface area (Å²) in [5, 5.41) is 9.89. The second-order valence-corrected chi connectivity index (χ2v) is 7.55. The topological polar surface area (TPSA) is 24.7 Å². The van der Waals surface area contributed by atoms with Crippen molar-refractivity contribution in [1.29, 1.82) is 0 Å². The highest BCUT2D eigenvalue weighted by atomic mass is 35.5. The van der Waals surface area contributed by atoms with Crippen molar-refractivity contribution >= 4 is 0 Å². The zero-order chi connectivity index (χ0) is 15.7. The average molecular weight is 336 g/mol. The molecule has 0 aromatic heterocycles. The number of likely N-dealkylation sites (tertiary alicyclic amines) is 1. The first-order valence-corrected chi connectivity index (χ1v) is 8.84. The predicted octanol–water partition coefficient (Wildman–Crippen LogP) is -0.140. The van der Waals surface area contributed by atoms with E-state index in [-0.39, 0.29) is 17.8 Å². The van der Waals surface area contributed by atoms with E-state index in [1.54, 1.807) is 4.90 Å². The molecule has 1 heterocycles. The molecular weight excluding hydrogens is 306 g/mol. The number of fused-ring (bicyclic) bond motifs is 4. The van der Waals surface area contributed by atoms with E-state index in [0.29, 0.717) is 11.7 Å². The van der Waals surface area contributed by atoms with Gasteiger partial charge in [-0.15, -0.1) is 6.58 Å². The quantitative estimate of drug-likeness (QED) is 0.568. The number of phenolic OH excluding ortho intramolecular Hbond substituents is 1. The fraction of sp³-hybridized carbons (Fsp3) is 0.600. The van der Waals surface area contributed by atoms with E-state index < -0.39 is 0 Å². The van der Waals surface area contributed by atoms with Gasteiger partial charge in [0.15, 0.2) is 0 Å². The van der Waals surface area contributed by atoms with Crippen LogP contribution in [0.1, 0.15) is 50.7 Å². The fourth-order valence-corrected chi connectivity index (χ4v) is 4.79. The molecule has 0 saturated carbocycles. The van der Waals surface area contributed by atoms with Crippen molar-refractivity contribution in [3.63, 3.8) is 0 Å². The molecule has 0 amide bonds. The second-order valence-electron chi connectivity index (χ2n) is 7.55. The minimum absolute atomic E-state index is 0. The van der Waals surface area contributed by atoms with Gasteiger partial charge >= 0.3 is 0 Å². The van der Waals surface area contributed by atoms with Crippen molar-refractivity contribution in [3.05, 3.63) is 42.0 Å². The van der Waals surface area contributed by atoms with Crippen molar-refractivity contribution in [3.8, 4) is 5.75 Å². The van der Waals surface area contributed by atoms with Gasteiger partial charge in [0.05, 0.1) is 19.1 Å². The molecule has 1 saturated heterocycles. The molecule has 23 heavy (non-hydrogen) atoms. The molecule has 2 N–H and O–H groups in total. The van der Waals surface area contributed by atoms with E-state index in [2.05, 4.69) is 26.5 Å². The third-order valence-electron chi connectivity index (χ3n) is 6.40. The fourth-order valence-electron chi connectivity index (χ4n) is 4.79. The van der Waals surface area contributed by atoms with Crippen molar-refractivity contribution in [1.82, 2.24) is 0 Å². The van der Waals surface area contributed by atoms with Gasteiger partial charge in [-0.1, -0.05) is 26.0 Å². The lowest BCUT2D eigenvalue weighted by Crippen LogP contribution is -3.18. The van der Waals surface area contributed by atoms with Gasteiger partial charge in [-0.05, 0) is 42.5 Å². The standard InChI is InChI=1S/C20H29NO.ClH/c1-4-5-6-7-11-21-12-10-20(3)15(2)19(21)13-16-8-9-17(22)14-18(16)20;/h4,8-9,14-15,19,22H,1,5-7,10-13H2,2-3H3;1H/t15-,19+,20+;/m0./s1. The molecule has 128 valence electrons. The van der Waals surface area contributed by atoms with Crippen LogP contribution in [-0.2, 0) is 11.8 Å². The maximum Gasteiger partial charge on any atom is 0.115 e. The molecule has 0 spiro atoms. The number of nitrogens with one attached hydrogen (secondary N) is 1. The zero-order valence-corrected chi connectivity index (χ0v) is 15.2. The molecule has 1 aromatic rings. The van der Waals surface area contributed by atoms with Crippen LogP contribution in [0.4, 0.5) is 0 Å². The molecule has 3 rings (SSSR count). The highest BCUT2D eigenvalue weighted by Gasteiger charge is 2.50. The van der Waals surface area contributed by atoms with Gasteiger partial charge in [0.25, 0.3) is 0 Å². The number of hydrogen-bond donors (Lipinski definition) is 2. The molecule has 1 aliphatic heterocycles. The first-order chi connectivity index (χ1) is 10.6. The lowest BCUT2D eigenvalue weighted by atomic mass is 9.59. The molecule has 1 aromatic carbocycles. The Labute approximate surface area is 147 Å². The van der Waals surface area contributed by atoms with Gasteiger partial charge in [-0.25, -0.2) is 0 Å². The summed E-state index contributed by atoms with van der Waals surface area (Å²) >= 11 is 0. The van der Waals surface area contributed by atoms with E-state index in [4.69, 9.17) is 0 Å². The van der Waals surface area contributed by atoms with Gasteiger partial charge in [0.2, 0.25) is 0 Å². The summed E-state index contributed by atoms with van der Waals surface area (Å²) in [7, 11) is 0. The number of benzene rings is 1. The van der Waals surface area contributed by atoms with E-state index in [1.165, 1.54) is 49.9 Å². The van der Waals surface area contributed by atoms with Crippen LogP contribution < -0.4 is 17.3 Å². The van der Waals surface area contributed by atoms with Gasteiger partial charge in [0.1, 0.15) is 5.75 Å². The smallest absolute Gasteiger partial charge is 0.115 e. The van der Waals surface area contributed by atoms with Crippen LogP contribution in [0.15, 0.2) is 30.9 Å². The van der Waals surface area contributed by atoms with Crippen LogP contribution in [0.5, 0.6) is 5.75 Å². The zero-order valence-electron chi connectivity index (χ0n) is 14.4. The molecule has 1 unspecified atom stereocenters. The highest BCUT2D eigenvalue weighted by Crippen LogP contribution is 2.45. The molecule has 4 atom stereocenters. The normalized spacial score (nSPS) is 31.8. The predicted molar refractivity (Wildman–Crippen MR) is 91.5 cm³/mol. The molecule has 0 radical (unpaired) electrons. The minimum Gasteiger partial charge on any atom is -1.00 e. The highest BCUT2D eigenvalue weighted by molar-refractivity contribution is 5.43. The number of unbranched alkanes of at least 4 members (excludes halogenated alkanes) is 2. The Morgan fingerprint density at radius 2 is 2.17 bits per heavy atom. The number of rotatable bonds is 5. The largest absolute Gasteiger partial charge is 1.00 e. The molecule has 2 aliphatic rings. The number of quaternary nitrogens is 1. The number of hydrogen-bond acceptors (Lipinski definition) is 1. The van der Waals surface area contributed by atoms with E-state index in [1.807, 2.05) is 18.2 Å². The van der Waals surface area contributed by atoms with Crippen LogP contribution in [0.3, 0.4) is 0 Å². The summed E-state index contributed by atoms with van der Waals surface area (Å²) in [6, 6.07) is 6.77. The molecule has 3 heteroatoms. The third kappa shape index (κ3) is 3.29. The van der Waals surface area contributed by atoms with Crippen molar-refractivity contribution in [2.75, 3.05) is 13.1 Å².